The molecule has 0 radical (unpaired) electrons. The summed E-state index contributed by atoms with van der Waals surface area (Å²) < 4.78 is 31.4. The molecule has 0 spiro atoms. The van der Waals surface area contributed by atoms with Crippen LogP contribution in [0.25, 0.3) is 0 Å². The predicted molar refractivity (Wildman–Crippen MR) is 174 cm³/mol. The van der Waals surface area contributed by atoms with E-state index in [1.165, 1.54) is 0 Å². The van der Waals surface area contributed by atoms with Gasteiger partial charge in [-0.15, -0.1) is 0 Å². The minimum atomic E-state index is -4.12. The highest BCUT2D eigenvalue weighted by Crippen LogP contribution is 2.53. The molecule has 0 bridgehead atoms. The Bertz CT molecular complexity index is 1190. The van der Waals surface area contributed by atoms with Crippen LogP contribution in [0.1, 0.15) is 203 Å². The Morgan fingerprint density at radius 2 is 0.488 bits per heavy atom. The molecule has 2 aromatic rings. The van der Waals surface area contributed by atoms with Gasteiger partial charge in [0.1, 0.15) is 11.5 Å². The highest BCUT2D eigenvalue weighted by Gasteiger charge is 2.40. The van der Waals surface area contributed by atoms with Crippen LogP contribution in [-0.2, 0) is 9.84 Å². The van der Waals surface area contributed by atoms with Crippen molar-refractivity contribution < 1.29 is 18.6 Å². The average molecular weight is 587 g/mol. The summed E-state index contributed by atoms with van der Waals surface area (Å²) in [6.07, 6.45) is 0. The zero-order valence-corrected chi connectivity index (χ0v) is 29.6. The highest BCUT2D eigenvalue weighted by atomic mass is 32.2. The van der Waals surface area contributed by atoms with E-state index in [1.807, 2.05) is 111 Å². The van der Waals surface area contributed by atoms with Crippen LogP contribution in [0.4, 0.5) is 0 Å². The van der Waals surface area contributed by atoms with E-state index < -0.39 is 9.84 Å². The van der Waals surface area contributed by atoms with Gasteiger partial charge in [-0.2, -0.15) is 0 Å². The first-order chi connectivity index (χ1) is 18.6. The molecule has 0 aromatic heterocycles. The Morgan fingerprint density at radius 3 is 0.610 bits per heavy atom. The molecule has 0 saturated carbocycles. The summed E-state index contributed by atoms with van der Waals surface area (Å²) in [4.78, 5) is 0.734. The summed E-state index contributed by atoms with van der Waals surface area (Å²) in [5.41, 5.74) is 5.82. The second-order valence-corrected chi connectivity index (χ2v) is 16.2. The van der Waals surface area contributed by atoms with Crippen LogP contribution >= 0.6 is 0 Å². The van der Waals surface area contributed by atoms with Gasteiger partial charge in [-0.05, 0) is 69.6 Å². The van der Waals surface area contributed by atoms with Gasteiger partial charge < -0.3 is 10.2 Å². The summed E-state index contributed by atoms with van der Waals surface area (Å²) in [6, 6.07) is 0. The van der Waals surface area contributed by atoms with Gasteiger partial charge in [0.15, 0.2) is 0 Å². The molecular weight excluding hydrogens is 528 g/mol. The van der Waals surface area contributed by atoms with Gasteiger partial charge in [0.2, 0.25) is 9.84 Å². The zero-order valence-electron chi connectivity index (χ0n) is 28.7. The number of phenolic OH excluding ortho intramolecular Hbond substituents is 2. The van der Waals surface area contributed by atoms with Crippen molar-refractivity contribution in [2.75, 3.05) is 0 Å². The van der Waals surface area contributed by atoms with Crippen molar-refractivity contribution in [1.29, 1.82) is 0 Å². The fraction of sp³-hybridized carbons (Fsp3) is 0.667. The van der Waals surface area contributed by atoms with E-state index in [0.717, 1.165) is 44.5 Å². The Kier molecular flexibility index (Phi) is 10.9. The van der Waals surface area contributed by atoms with Crippen molar-refractivity contribution in [2.24, 2.45) is 0 Å². The number of phenols is 2. The third-order valence-electron chi connectivity index (χ3n) is 8.32. The number of hydrogen-bond acceptors (Lipinski definition) is 4. The molecule has 0 unspecified atom stereocenters. The van der Waals surface area contributed by atoms with Crippen LogP contribution in [-0.4, -0.2) is 18.6 Å². The topological polar surface area (TPSA) is 74.6 Å². The summed E-state index contributed by atoms with van der Waals surface area (Å²) in [6.45, 7) is 32.5. The van der Waals surface area contributed by atoms with Crippen LogP contribution in [0.2, 0.25) is 0 Å². The van der Waals surface area contributed by atoms with Crippen molar-refractivity contribution in [3.8, 4) is 11.5 Å². The van der Waals surface area contributed by atoms with E-state index in [-0.39, 0.29) is 58.8 Å². The minimum Gasteiger partial charge on any atom is -0.507 e. The molecule has 2 rings (SSSR count). The van der Waals surface area contributed by atoms with E-state index in [1.54, 1.807) is 0 Å². The lowest BCUT2D eigenvalue weighted by atomic mass is 9.80. The summed E-state index contributed by atoms with van der Waals surface area (Å²) in [5, 5.41) is 23.6. The van der Waals surface area contributed by atoms with Crippen molar-refractivity contribution in [2.45, 2.75) is 168 Å². The minimum absolute atomic E-state index is 0.0635. The Morgan fingerprint density at radius 1 is 0.341 bits per heavy atom. The predicted octanol–water partition coefficient (Wildman–Crippen LogP) is 10.9. The zero-order chi connectivity index (χ0) is 32.0. The molecule has 0 saturated heterocycles. The van der Waals surface area contributed by atoms with E-state index >= 15 is 8.42 Å². The van der Waals surface area contributed by atoms with Gasteiger partial charge in [-0.25, -0.2) is 8.42 Å². The van der Waals surface area contributed by atoms with Gasteiger partial charge in [-0.1, -0.05) is 111 Å². The molecule has 2 N–H and O–H groups in total. The third kappa shape index (κ3) is 6.08. The van der Waals surface area contributed by atoms with Crippen LogP contribution in [0, 0.1) is 0 Å². The van der Waals surface area contributed by atoms with Crippen molar-refractivity contribution in [3.63, 3.8) is 0 Å². The molecule has 0 aliphatic heterocycles. The molecule has 5 heteroatoms. The van der Waals surface area contributed by atoms with Crippen molar-refractivity contribution in [3.05, 3.63) is 44.5 Å². The molecule has 0 atom stereocenters. The van der Waals surface area contributed by atoms with E-state index in [2.05, 4.69) is 0 Å². The fourth-order valence-corrected chi connectivity index (χ4v) is 9.64. The molecule has 0 fully saturated rings. The highest BCUT2D eigenvalue weighted by molar-refractivity contribution is 7.91. The Labute approximate surface area is 251 Å². The molecule has 232 valence electrons. The average Bonchev–Trinajstić information content (AvgIpc) is 2.80. The second kappa shape index (κ2) is 12.7. The van der Waals surface area contributed by atoms with E-state index in [0.29, 0.717) is 9.79 Å². The number of benzene rings is 2. The molecular formula is C36H58O4S. The summed E-state index contributed by atoms with van der Waals surface area (Å²) in [7, 11) is -4.12. The van der Waals surface area contributed by atoms with E-state index in [4.69, 9.17) is 0 Å². The summed E-state index contributed by atoms with van der Waals surface area (Å²) >= 11 is 0. The van der Waals surface area contributed by atoms with Crippen LogP contribution in [0.3, 0.4) is 0 Å². The van der Waals surface area contributed by atoms with Crippen molar-refractivity contribution in [1.82, 2.24) is 0 Å². The van der Waals surface area contributed by atoms with Crippen LogP contribution in [0.5, 0.6) is 11.5 Å². The normalized spacial score (nSPS) is 13.1. The van der Waals surface area contributed by atoms with Gasteiger partial charge in [0, 0.05) is 22.3 Å². The van der Waals surface area contributed by atoms with Gasteiger partial charge in [0.25, 0.3) is 0 Å². The largest absolute Gasteiger partial charge is 0.507 e. The third-order valence-corrected chi connectivity index (χ3v) is 10.3. The van der Waals surface area contributed by atoms with Gasteiger partial charge >= 0.3 is 0 Å². The smallest absolute Gasteiger partial charge is 0.207 e. The van der Waals surface area contributed by atoms with E-state index in [9.17, 15) is 10.2 Å². The molecule has 0 heterocycles. The molecule has 0 amide bonds. The monoisotopic (exact) mass is 586 g/mol. The first kappa shape index (κ1) is 35.2. The molecule has 2 aromatic carbocycles. The first-order valence-corrected chi connectivity index (χ1v) is 17.2. The molecule has 0 aliphatic rings. The standard InChI is InChI=1S/C36H58O4S/c1-17(2)25-29(21(9)10)35(30(22(11)12)26(18(3)4)33(25)37)41(39,40)36-31(23(13)14)27(19(5)6)34(38)28(20(7)8)32(36)24(15)16/h17-24,37-38H,1-16H3. The second-order valence-electron chi connectivity index (χ2n) is 14.4. The molecule has 4 nitrogen and oxygen atoms in total. The van der Waals surface area contributed by atoms with Gasteiger partial charge in [0.05, 0.1) is 9.79 Å². The van der Waals surface area contributed by atoms with Crippen LogP contribution < -0.4 is 0 Å². The quantitative estimate of drug-likeness (QED) is 0.290. The van der Waals surface area contributed by atoms with Gasteiger partial charge in [-0.3, -0.25) is 0 Å². The maximum absolute atomic E-state index is 15.7. The maximum atomic E-state index is 15.7. The number of rotatable bonds is 10. The Hall–Kier alpha value is -2.01. The lowest BCUT2D eigenvalue weighted by Crippen LogP contribution is -2.22. The first-order valence-electron chi connectivity index (χ1n) is 15.7. The molecule has 0 aliphatic carbocycles. The van der Waals surface area contributed by atoms with Crippen LogP contribution in [0.15, 0.2) is 9.79 Å². The lowest BCUT2D eigenvalue weighted by Gasteiger charge is -2.34. The molecule has 41 heavy (non-hydrogen) atoms. The Balaban J connectivity index is 3.59. The fourth-order valence-electron chi connectivity index (χ4n) is 6.89. The summed E-state index contributed by atoms with van der Waals surface area (Å²) in [5.74, 6) is -0.278. The van der Waals surface area contributed by atoms with Crippen molar-refractivity contribution >= 4 is 9.84 Å². The number of sulfone groups is 1. The maximum Gasteiger partial charge on any atom is 0.207 e. The lowest BCUT2D eigenvalue weighted by molar-refractivity contribution is 0.447. The number of hydrogen-bond donors (Lipinski definition) is 2. The SMILES string of the molecule is CC(C)c1c(O)c(C(C)C)c(C(C)C)c(S(=O)(=O)c2c(C(C)C)c(C(C)C)c(O)c(C(C)C)c2C(C)C)c1C(C)C. The number of aromatic hydroxyl groups is 2.